The molecule has 0 spiro atoms. The summed E-state index contributed by atoms with van der Waals surface area (Å²) in [5.41, 5.74) is 1.42. The van der Waals surface area contributed by atoms with Crippen molar-refractivity contribution < 1.29 is 18.1 Å². The highest BCUT2D eigenvalue weighted by atomic mass is 79.9. The minimum atomic E-state index is -4.02. The summed E-state index contributed by atoms with van der Waals surface area (Å²) in [6.07, 6.45) is 3.23. The van der Waals surface area contributed by atoms with Crippen LogP contribution in [0.3, 0.4) is 0 Å². The highest BCUT2D eigenvalue weighted by Gasteiger charge is 2.48. The van der Waals surface area contributed by atoms with Crippen molar-refractivity contribution in [2.24, 2.45) is 0 Å². The molecule has 0 aliphatic carbocycles. The zero-order chi connectivity index (χ0) is 19.7. The lowest BCUT2D eigenvalue weighted by molar-refractivity contribution is 0.00937. The van der Waals surface area contributed by atoms with Crippen LogP contribution in [0.25, 0.3) is 0 Å². The van der Waals surface area contributed by atoms with Gasteiger partial charge < -0.3 is 5.11 Å². The molecule has 2 aliphatic heterocycles. The first-order chi connectivity index (χ1) is 12.7. The van der Waals surface area contributed by atoms with Crippen LogP contribution in [0.1, 0.15) is 30.4 Å². The number of hydrogen-bond donors (Lipinski definition) is 2. The molecule has 1 unspecified atom stereocenters. The number of hydrogen-bond acceptors (Lipinski definition) is 4. The molecular weight excluding hydrogens is 430 g/mol. The summed E-state index contributed by atoms with van der Waals surface area (Å²) in [5, 5.41) is 10.9. The van der Waals surface area contributed by atoms with Gasteiger partial charge in [0.05, 0.1) is 4.90 Å². The van der Waals surface area contributed by atoms with Crippen LogP contribution in [0.5, 0.6) is 0 Å². The highest BCUT2D eigenvalue weighted by Crippen LogP contribution is 2.42. The van der Waals surface area contributed by atoms with Crippen molar-refractivity contribution >= 4 is 26.0 Å². The summed E-state index contributed by atoms with van der Waals surface area (Å²) < 4.78 is 30.6. The van der Waals surface area contributed by atoms with Crippen molar-refractivity contribution in [3.05, 3.63) is 64.1 Å². The lowest BCUT2D eigenvalue weighted by Crippen LogP contribution is -2.38. The van der Waals surface area contributed by atoms with Gasteiger partial charge in [0.1, 0.15) is 5.60 Å². The molecule has 2 heterocycles. The lowest BCUT2D eigenvalue weighted by atomic mass is 9.85. The molecule has 146 valence electrons. The van der Waals surface area contributed by atoms with Gasteiger partial charge >= 0.3 is 0 Å². The van der Waals surface area contributed by atoms with Gasteiger partial charge in [-0.25, -0.2) is 0 Å². The topological polar surface area (TPSA) is 77.8 Å². The molecule has 2 aromatic carbocycles. The van der Waals surface area contributed by atoms with Gasteiger partial charge in [-0.15, -0.1) is 0 Å². The van der Waals surface area contributed by atoms with Crippen molar-refractivity contribution in [1.82, 2.24) is 4.90 Å². The van der Waals surface area contributed by atoms with Crippen LogP contribution in [0.15, 0.2) is 57.9 Å². The Balaban J connectivity index is 0.000000168. The molecule has 4 rings (SSSR count). The molecular formula is C20H24BrNO4S. The van der Waals surface area contributed by atoms with Gasteiger partial charge in [-0.3, -0.25) is 9.45 Å². The lowest BCUT2D eigenvalue weighted by Gasteiger charge is -2.30. The molecule has 0 bridgehead atoms. The minimum Gasteiger partial charge on any atom is -0.383 e. The Hall–Kier alpha value is -1.25. The van der Waals surface area contributed by atoms with Crippen molar-refractivity contribution in [2.45, 2.75) is 42.7 Å². The number of aryl methyl sites for hydroxylation is 1. The molecule has 2 fully saturated rings. The van der Waals surface area contributed by atoms with Crippen LogP contribution in [-0.4, -0.2) is 42.1 Å². The Morgan fingerprint density at radius 2 is 1.70 bits per heavy atom. The van der Waals surface area contributed by atoms with E-state index < -0.39 is 15.7 Å². The second-order valence-electron chi connectivity index (χ2n) is 7.16. The minimum absolute atomic E-state index is 0.0666. The van der Waals surface area contributed by atoms with E-state index in [2.05, 4.69) is 20.8 Å². The van der Waals surface area contributed by atoms with Crippen molar-refractivity contribution in [1.29, 1.82) is 0 Å². The monoisotopic (exact) mass is 453 g/mol. The molecule has 7 heteroatoms. The maximum absolute atomic E-state index is 10.9. The largest absolute Gasteiger partial charge is 0.383 e. The fraction of sp³-hybridized carbons (Fsp3) is 0.400. The molecule has 2 saturated heterocycles. The quantitative estimate of drug-likeness (QED) is 0.676. The Kier molecular flexibility index (Phi) is 6.08. The molecule has 2 atom stereocenters. The van der Waals surface area contributed by atoms with Crippen LogP contribution in [0.4, 0.5) is 0 Å². The Labute approximate surface area is 168 Å². The first-order valence-corrected chi connectivity index (χ1v) is 11.2. The normalized spacial score (nSPS) is 25.0. The summed E-state index contributed by atoms with van der Waals surface area (Å²) in [4.78, 5) is 2.37. The molecule has 5 nitrogen and oxygen atoms in total. The fourth-order valence-corrected chi connectivity index (χ4v) is 4.65. The molecule has 0 saturated carbocycles. The third-order valence-corrected chi connectivity index (χ3v) is 6.75. The van der Waals surface area contributed by atoms with Gasteiger partial charge in [0, 0.05) is 17.1 Å². The number of rotatable bonds is 2. The molecule has 2 aliphatic rings. The maximum atomic E-state index is 10.9. The average Bonchev–Trinajstić information content (AvgIpc) is 3.21. The van der Waals surface area contributed by atoms with E-state index >= 15 is 0 Å². The van der Waals surface area contributed by atoms with Crippen LogP contribution in [-0.2, 0) is 15.7 Å². The van der Waals surface area contributed by atoms with Gasteiger partial charge in [0.15, 0.2) is 0 Å². The van der Waals surface area contributed by atoms with Crippen molar-refractivity contribution in [3.8, 4) is 0 Å². The molecule has 0 aromatic heterocycles. The number of aliphatic hydroxyl groups is 1. The number of benzene rings is 2. The van der Waals surface area contributed by atoms with Gasteiger partial charge in [0.25, 0.3) is 10.1 Å². The Bertz CT molecular complexity index is 883. The highest BCUT2D eigenvalue weighted by molar-refractivity contribution is 9.10. The van der Waals surface area contributed by atoms with Crippen LogP contribution >= 0.6 is 15.9 Å². The van der Waals surface area contributed by atoms with E-state index in [9.17, 15) is 13.5 Å². The molecule has 2 N–H and O–H groups in total. The maximum Gasteiger partial charge on any atom is 0.294 e. The number of nitrogens with zero attached hydrogens (tertiary/aromatic N) is 1. The Morgan fingerprint density at radius 3 is 2.30 bits per heavy atom. The van der Waals surface area contributed by atoms with E-state index in [1.807, 2.05) is 31.2 Å². The zero-order valence-electron chi connectivity index (χ0n) is 15.2. The van der Waals surface area contributed by atoms with Gasteiger partial charge in [0.2, 0.25) is 0 Å². The third kappa shape index (κ3) is 4.60. The van der Waals surface area contributed by atoms with E-state index in [0.717, 1.165) is 41.5 Å². The van der Waals surface area contributed by atoms with E-state index in [1.54, 1.807) is 12.1 Å². The standard InChI is InChI=1S/C13H16BrNO.C7H8O3S/c14-11-5-3-10(4-6-11)13(16)7-9-15-8-1-2-12(13)15;1-6-2-4-7(5-3-6)11(8,9)10/h3-6,12,16H,1-2,7-9H2;2-5H,1H3,(H,8,9,10)/t12?,13-;/m1./s1. The van der Waals surface area contributed by atoms with E-state index in [1.165, 1.54) is 18.6 Å². The van der Waals surface area contributed by atoms with E-state index in [-0.39, 0.29) is 4.90 Å². The second kappa shape index (κ2) is 8.01. The molecule has 27 heavy (non-hydrogen) atoms. The van der Waals surface area contributed by atoms with Gasteiger partial charge in [-0.2, -0.15) is 8.42 Å². The average molecular weight is 454 g/mol. The summed E-state index contributed by atoms with van der Waals surface area (Å²) in [7, 11) is -4.02. The summed E-state index contributed by atoms with van der Waals surface area (Å²) in [6, 6.07) is 14.5. The first-order valence-electron chi connectivity index (χ1n) is 8.97. The SMILES string of the molecule is Cc1ccc(S(=O)(=O)O)cc1.O[C@@]1(c2ccc(Br)cc2)CCN2CCCC21. The summed E-state index contributed by atoms with van der Waals surface area (Å²) in [6.45, 7) is 4.04. The number of fused-ring (bicyclic) bond motifs is 1. The predicted molar refractivity (Wildman–Crippen MR) is 108 cm³/mol. The Morgan fingerprint density at radius 1 is 1.07 bits per heavy atom. The van der Waals surface area contributed by atoms with Crippen LogP contribution in [0, 0.1) is 6.92 Å². The number of halogens is 1. The fourth-order valence-electron chi connectivity index (χ4n) is 3.90. The summed E-state index contributed by atoms with van der Waals surface area (Å²) in [5.74, 6) is 0. The van der Waals surface area contributed by atoms with Crippen LogP contribution < -0.4 is 0 Å². The summed E-state index contributed by atoms with van der Waals surface area (Å²) >= 11 is 3.44. The third-order valence-electron chi connectivity index (χ3n) is 5.36. The second-order valence-corrected chi connectivity index (χ2v) is 9.50. The first kappa shape index (κ1) is 20.5. The van der Waals surface area contributed by atoms with Gasteiger partial charge in [-0.05, 0) is 62.6 Å². The van der Waals surface area contributed by atoms with Crippen LogP contribution in [0.2, 0.25) is 0 Å². The molecule has 0 amide bonds. The molecule has 0 radical (unpaired) electrons. The predicted octanol–water partition coefficient (Wildman–Crippen LogP) is 3.75. The van der Waals surface area contributed by atoms with Crippen molar-refractivity contribution in [3.63, 3.8) is 0 Å². The van der Waals surface area contributed by atoms with Gasteiger partial charge in [-0.1, -0.05) is 45.8 Å². The smallest absolute Gasteiger partial charge is 0.294 e. The van der Waals surface area contributed by atoms with E-state index in [0.29, 0.717) is 6.04 Å². The zero-order valence-corrected chi connectivity index (χ0v) is 17.6. The molecule has 2 aromatic rings. The van der Waals surface area contributed by atoms with E-state index in [4.69, 9.17) is 4.55 Å². The van der Waals surface area contributed by atoms with Crippen molar-refractivity contribution in [2.75, 3.05) is 13.1 Å².